The van der Waals surface area contributed by atoms with Gasteiger partial charge in [0, 0.05) is 10.0 Å². The van der Waals surface area contributed by atoms with Crippen molar-refractivity contribution in [3.05, 3.63) is 55.7 Å². The Morgan fingerprint density at radius 3 is 2.50 bits per heavy atom. The maximum atomic E-state index is 12.3. The molecule has 104 valence electrons. The third kappa shape index (κ3) is 3.32. The van der Waals surface area contributed by atoms with Crippen LogP contribution in [0.4, 0.5) is 5.69 Å². The van der Waals surface area contributed by atoms with Gasteiger partial charge < -0.3 is 5.32 Å². The van der Waals surface area contributed by atoms with Crippen LogP contribution in [0.25, 0.3) is 0 Å². The lowest BCUT2D eigenvalue weighted by Crippen LogP contribution is -2.15. The number of hydrogen-bond donors (Lipinski definition) is 1. The van der Waals surface area contributed by atoms with E-state index >= 15 is 0 Å². The van der Waals surface area contributed by atoms with Crippen LogP contribution < -0.4 is 5.32 Å². The fourth-order valence-corrected chi connectivity index (χ4v) is 2.86. The summed E-state index contributed by atoms with van der Waals surface area (Å²) in [6.45, 7) is 3.68. The van der Waals surface area contributed by atoms with Gasteiger partial charge in [0.1, 0.15) is 5.15 Å². The third-order valence-corrected chi connectivity index (χ3v) is 3.77. The maximum Gasteiger partial charge on any atom is 0.256 e. The molecule has 1 amide bonds. The van der Waals surface area contributed by atoms with Crippen molar-refractivity contribution in [1.82, 2.24) is 4.98 Å². The minimum absolute atomic E-state index is 0.179. The van der Waals surface area contributed by atoms with Crippen LogP contribution in [-0.4, -0.2) is 10.9 Å². The fourth-order valence-electron chi connectivity index (χ4n) is 1.81. The van der Waals surface area contributed by atoms with E-state index in [0.717, 1.165) is 15.6 Å². The lowest BCUT2D eigenvalue weighted by atomic mass is 10.1. The van der Waals surface area contributed by atoms with E-state index in [9.17, 15) is 4.79 Å². The molecule has 1 aromatic heterocycles. The summed E-state index contributed by atoms with van der Waals surface area (Å²) in [5, 5.41) is 3.25. The Kier molecular flexibility index (Phi) is 4.68. The van der Waals surface area contributed by atoms with Crippen LogP contribution in [0.15, 0.2) is 28.7 Å². The predicted molar refractivity (Wildman–Crippen MR) is 85.8 cm³/mol. The molecular weight excluding hydrogens is 363 g/mol. The van der Waals surface area contributed by atoms with Crippen molar-refractivity contribution >= 4 is 50.7 Å². The fraction of sp³-hybridized carbons (Fsp3) is 0.143. The maximum absolute atomic E-state index is 12.3. The highest BCUT2D eigenvalue weighted by Gasteiger charge is 2.14. The highest BCUT2D eigenvalue weighted by Crippen LogP contribution is 2.27. The van der Waals surface area contributed by atoms with Crippen molar-refractivity contribution in [2.24, 2.45) is 0 Å². The average Bonchev–Trinajstić information content (AvgIpc) is 2.33. The molecule has 0 aliphatic rings. The molecule has 0 radical (unpaired) electrons. The topological polar surface area (TPSA) is 42.0 Å². The van der Waals surface area contributed by atoms with Gasteiger partial charge in [-0.3, -0.25) is 4.79 Å². The molecule has 0 saturated heterocycles. The predicted octanol–water partition coefficient (Wildman–Crippen LogP) is 5.02. The molecule has 1 heterocycles. The van der Waals surface area contributed by atoms with Crippen molar-refractivity contribution in [3.63, 3.8) is 0 Å². The first-order valence-corrected chi connectivity index (χ1v) is 7.33. The number of nitrogens with one attached hydrogen (secondary N) is 1. The Bertz CT molecular complexity index is 666. The second-order valence-electron chi connectivity index (χ2n) is 4.34. The Labute approximate surface area is 135 Å². The van der Waals surface area contributed by atoms with Crippen LogP contribution in [0.2, 0.25) is 10.3 Å². The Morgan fingerprint density at radius 1 is 1.20 bits per heavy atom. The van der Waals surface area contributed by atoms with Crippen LogP contribution in [0.1, 0.15) is 21.5 Å². The van der Waals surface area contributed by atoms with E-state index in [4.69, 9.17) is 23.2 Å². The number of halogens is 3. The van der Waals surface area contributed by atoms with E-state index in [1.807, 2.05) is 26.0 Å². The molecule has 0 atom stereocenters. The van der Waals surface area contributed by atoms with Crippen molar-refractivity contribution < 1.29 is 4.79 Å². The van der Waals surface area contributed by atoms with Gasteiger partial charge in [0.25, 0.3) is 5.91 Å². The number of aryl methyl sites for hydroxylation is 2. The lowest BCUT2D eigenvalue weighted by molar-refractivity contribution is 0.102. The number of carbonyl (C=O) groups excluding carboxylic acids is 1. The van der Waals surface area contributed by atoms with Crippen molar-refractivity contribution in [2.45, 2.75) is 13.8 Å². The largest absolute Gasteiger partial charge is 0.319 e. The molecular formula is C14H11BrCl2N2O. The van der Waals surface area contributed by atoms with E-state index in [1.54, 1.807) is 12.1 Å². The van der Waals surface area contributed by atoms with Crippen molar-refractivity contribution in [1.29, 1.82) is 0 Å². The van der Waals surface area contributed by atoms with Gasteiger partial charge in [-0.05, 0) is 49.2 Å². The summed E-state index contributed by atoms with van der Waals surface area (Å²) in [5.41, 5.74) is 2.69. The summed E-state index contributed by atoms with van der Waals surface area (Å²) in [7, 11) is 0. The summed E-state index contributed by atoms with van der Waals surface area (Å²) in [6.07, 6.45) is 0. The number of benzene rings is 1. The molecule has 0 aliphatic heterocycles. The van der Waals surface area contributed by atoms with Gasteiger partial charge in [0.15, 0.2) is 5.15 Å². The molecule has 0 saturated carbocycles. The zero-order valence-corrected chi connectivity index (χ0v) is 13.9. The molecule has 3 nitrogen and oxygen atoms in total. The van der Waals surface area contributed by atoms with Crippen LogP contribution in [0.3, 0.4) is 0 Å². The van der Waals surface area contributed by atoms with Gasteiger partial charge >= 0.3 is 0 Å². The summed E-state index contributed by atoms with van der Waals surface area (Å²) in [5.74, 6) is -0.232. The molecule has 20 heavy (non-hydrogen) atoms. The molecule has 1 aromatic carbocycles. The number of carbonyl (C=O) groups is 1. The van der Waals surface area contributed by atoms with Gasteiger partial charge in [-0.25, -0.2) is 4.98 Å². The molecule has 0 bridgehead atoms. The number of amides is 1. The third-order valence-electron chi connectivity index (χ3n) is 2.81. The van der Waals surface area contributed by atoms with Gasteiger partial charge in [-0.1, -0.05) is 39.1 Å². The summed E-state index contributed by atoms with van der Waals surface area (Å²) >= 11 is 15.2. The monoisotopic (exact) mass is 372 g/mol. The zero-order valence-electron chi connectivity index (χ0n) is 10.8. The lowest BCUT2D eigenvalue weighted by Gasteiger charge is -2.11. The summed E-state index contributed by atoms with van der Waals surface area (Å²) in [4.78, 5) is 16.2. The van der Waals surface area contributed by atoms with E-state index in [0.29, 0.717) is 16.4 Å². The minimum Gasteiger partial charge on any atom is -0.319 e. The Morgan fingerprint density at radius 2 is 1.90 bits per heavy atom. The first-order chi connectivity index (χ1) is 9.38. The standard InChI is InChI=1S/C14H11BrCl2N2O/c1-7-5-9(15)3-4-10(7)14(20)19-12-8(2)6-11(16)18-13(12)17/h3-6H,1-2H3,(H,19,20). The van der Waals surface area contributed by atoms with Crippen molar-refractivity contribution in [2.75, 3.05) is 5.32 Å². The first-order valence-electron chi connectivity index (χ1n) is 5.78. The molecule has 6 heteroatoms. The summed E-state index contributed by atoms with van der Waals surface area (Å²) in [6, 6.07) is 7.10. The van der Waals surface area contributed by atoms with Crippen molar-refractivity contribution in [3.8, 4) is 0 Å². The molecule has 0 unspecified atom stereocenters. The van der Waals surface area contributed by atoms with Crippen LogP contribution in [0.5, 0.6) is 0 Å². The van der Waals surface area contributed by atoms with E-state index < -0.39 is 0 Å². The Balaban J connectivity index is 2.33. The number of anilines is 1. The molecule has 2 rings (SSSR count). The van der Waals surface area contributed by atoms with Crippen LogP contribution in [-0.2, 0) is 0 Å². The smallest absolute Gasteiger partial charge is 0.256 e. The second kappa shape index (κ2) is 6.12. The SMILES string of the molecule is Cc1cc(Br)ccc1C(=O)Nc1c(C)cc(Cl)nc1Cl. The normalized spacial score (nSPS) is 10.4. The van der Waals surface area contributed by atoms with E-state index in [-0.39, 0.29) is 11.1 Å². The quantitative estimate of drug-likeness (QED) is 0.751. The highest BCUT2D eigenvalue weighted by molar-refractivity contribution is 9.10. The number of hydrogen-bond acceptors (Lipinski definition) is 2. The van der Waals surface area contributed by atoms with Gasteiger partial charge in [-0.2, -0.15) is 0 Å². The molecule has 1 N–H and O–H groups in total. The summed E-state index contributed by atoms with van der Waals surface area (Å²) < 4.78 is 0.925. The number of pyridine rings is 1. The van der Waals surface area contributed by atoms with E-state index in [1.165, 1.54) is 0 Å². The number of rotatable bonds is 2. The molecule has 0 aliphatic carbocycles. The molecule has 0 spiro atoms. The number of aromatic nitrogens is 1. The number of nitrogens with zero attached hydrogens (tertiary/aromatic N) is 1. The molecule has 2 aromatic rings. The van der Waals surface area contributed by atoms with Crippen LogP contribution in [0, 0.1) is 13.8 Å². The van der Waals surface area contributed by atoms with Gasteiger partial charge in [-0.15, -0.1) is 0 Å². The van der Waals surface area contributed by atoms with Gasteiger partial charge in [0.2, 0.25) is 0 Å². The van der Waals surface area contributed by atoms with Crippen LogP contribution >= 0.6 is 39.1 Å². The Hall–Kier alpha value is -1.10. The molecule has 0 fully saturated rings. The average molecular weight is 374 g/mol. The van der Waals surface area contributed by atoms with E-state index in [2.05, 4.69) is 26.2 Å². The zero-order chi connectivity index (χ0) is 14.9. The van der Waals surface area contributed by atoms with Gasteiger partial charge in [0.05, 0.1) is 5.69 Å². The highest BCUT2D eigenvalue weighted by atomic mass is 79.9. The second-order valence-corrected chi connectivity index (χ2v) is 6.00. The minimum atomic E-state index is -0.232. The first kappa shape index (κ1) is 15.3.